The fourth-order valence-corrected chi connectivity index (χ4v) is 4.37. The predicted octanol–water partition coefficient (Wildman–Crippen LogP) is 7.44. The Labute approximate surface area is 206 Å². The maximum Gasteiger partial charge on any atom is 0.169 e. The number of aryl methyl sites for hydroxylation is 2. The predicted molar refractivity (Wildman–Crippen MR) is 141 cm³/mol. The standard InChI is InChI=1S/C31H28O4/c1-32-26-14-16-27-24(20-26)11-6-21-7-12-25(13-8-21)35-31-19-23(10-17-29(31)33-2)5-4-22-9-15-28(27)30(18-22)34-3/h6-20H,4-5H2,1-3H3/b11-6-. The summed E-state index contributed by atoms with van der Waals surface area (Å²) in [6.07, 6.45) is 5.95. The summed E-state index contributed by atoms with van der Waals surface area (Å²) in [7, 11) is 5.07. The molecule has 4 aliphatic heterocycles. The number of benzene rings is 4. The number of ether oxygens (including phenoxy) is 4. The maximum atomic E-state index is 6.20. The first kappa shape index (κ1) is 22.6. The van der Waals surface area contributed by atoms with Gasteiger partial charge in [-0.1, -0.05) is 42.5 Å². The van der Waals surface area contributed by atoms with Crippen molar-refractivity contribution in [3.05, 3.63) is 101 Å². The van der Waals surface area contributed by atoms with E-state index in [2.05, 4.69) is 48.6 Å². The van der Waals surface area contributed by atoms with Crippen LogP contribution in [0.5, 0.6) is 28.7 Å². The van der Waals surface area contributed by atoms with E-state index in [1.165, 1.54) is 11.1 Å². The molecule has 4 aromatic rings. The van der Waals surface area contributed by atoms with Crippen LogP contribution in [0.2, 0.25) is 0 Å². The molecule has 0 atom stereocenters. The van der Waals surface area contributed by atoms with Crippen molar-refractivity contribution in [1.82, 2.24) is 0 Å². The fourth-order valence-electron chi connectivity index (χ4n) is 4.37. The van der Waals surface area contributed by atoms with Gasteiger partial charge in [-0.2, -0.15) is 0 Å². The second kappa shape index (κ2) is 9.98. The Morgan fingerprint density at radius 1 is 0.600 bits per heavy atom. The summed E-state index contributed by atoms with van der Waals surface area (Å²) >= 11 is 0. The van der Waals surface area contributed by atoms with Crippen molar-refractivity contribution < 1.29 is 18.9 Å². The van der Waals surface area contributed by atoms with Crippen LogP contribution in [0.3, 0.4) is 0 Å². The van der Waals surface area contributed by atoms with E-state index in [0.29, 0.717) is 11.5 Å². The van der Waals surface area contributed by atoms with Crippen LogP contribution in [0.4, 0.5) is 0 Å². The van der Waals surface area contributed by atoms with Gasteiger partial charge in [0.1, 0.15) is 17.2 Å². The summed E-state index contributed by atoms with van der Waals surface area (Å²) in [4.78, 5) is 0. The van der Waals surface area contributed by atoms with Crippen LogP contribution in [0, 0.1) is 0 Å². The van der Waals surface area contributed by atoms with Crippen LogP contribution in [0.15, 0.2) is 78.9 Å². The van der Waals surface area contributed by atoms with E-state index < -0.39 is 0 Å². The minimum atomic E-state index is 0.711. The highest BCUT2D eigenvalue weighted by molar-refractivity contribution is 5.84. The molecule has 0 unspecified atom stereocenters. The Bertz CT molecular complexity index is 1370. The molecule has 0 fully saturated rings. The molecule has 0 radical (unpaired) electrons. The van der Waals surface area contributed by atoms with Gasteiger partial charge < -0.3 is 18.9 Å². The summed E-state index contributed by atoms with van der Waals surface area (Å²) in [6.45, 7) is 0. The molecule has 8 rings (SSSR count). The lowest BCUT2D eigenvalue weighted by Gasteiger charge is -2.15. The molecule has 0 spiro atoms. The van der Waals surface area contributed by atoms with Gasteiger partial charge in [0.2, 0.25) is 0 Å². The molecule has 4 nitrogen and oxygen atoms in total. The second-order valence-electron chi connectivity index (χ2n) is 8.48. The van der Waals surface area contributed by atoms with Crippen molar-refractivity contribution in [1.29, 1.82) is 0 Å². The summed E-state index contributed by atoms with van der Waals surface area (Å²) in [5.41, 5.74) is 6.65. The van der Waals surface area contributed by atoms with Crippen LogP contribution in [0.1, 0.15) is 22.3 Å². The number of hydrogen-bond donors (Lipinski definition) is 0. The van der Waals surface area contributed by atoms with Crippen LogP contribution in [0.25, 0.3) is 23.3 Å². The fraction of sp³-hybridized carbons (Fsp3) is 0.161. The van der Waals surface area contributed by atoms with Gasteiger partial charge in [-0.25, -0.2) is 0 Å². The highest BCUT2D eigenvalue weighted by Gasteiger charge is 2.13. The van der Waals surface area contributed by atoms with Gasteiger partial charge in [-0.05, 0) is 89.2 Å². The molecular formula is C31H28O4. The van der Waals surface area contributed by atoms with E-state index in [-0.39, 0.29) is 0 Å². The Morgan fingerprint density at radius 2 is 1.31 bits per heavy atom. The van der Waals surface area contributed by atoms with Crippen LogP contribution >= 0.6 is 0 Å². The molecule has 0 N–H and O–H groups in total. The number of rotatable bonds is 3. The molecule has 4 heterocycles. The van der Waals surface area contributed by atoms with Crippen LogP contribution in [-0.4, -0.2) is 21.3 Å². The average Bonchev–Trinajstić information content (AvgIpc) is 2.91. The monoisotopic (exact) mass is 464 g/mol. The quantitative estimate of drug-likeness (QED) is 0.316. The van der Waals surface area contributed by atoms with Crippen molar-refractivity contribution >= 4 is 12.2 Å². The molecule has 4 aliphatic rings. The van der Waals surface area contributed by atoms with Crippen molar-refractivity contribution in [2.75, 3.05) is 21.3 Å². The molecule has 0 aliphatic carbocycles. The first-order valence-electron chi connectivity index (χ1n) is 11.6. The minimum absolute atomic E-state index is 0.711. The van der Waals surface area contributed by atoms with Crippen molar-refractivity contribution in [2.24, 2.45) is 0 Å². The van der Waals surface area contributed by atoms with Gasteiger partial charge in [-0.3, -0.25) is 0 Å². The molecule has 176 valence electrons. The normalized spacial score (nSPS) is 13.2. The molecule has 4 aromatic carbocycles. The lowest BCUT2D eigenvalue weighted by atomic mass is 9.95. The maximum absolute atomic E-state index is 6.20. The molecule has 4 heteroatoms. The smallest absolute Gasteiger partial charge is 0.169 e. The topological polar surface area (TPSA) is 36.9 Å². The Hall–Kier alpha value is -4.18. The molecule has 0 saturated carbocycles. The molecule has 0 aromatic heterocycles. The van der Waals surface area contributed by atoms with E-state index in [9.17, 15) is 0 Å². The zero-order valence-corrected chi connectivity index (χ0v) is 20.2. The Balaban J connectivity index is 1.65. The molecule has 0 saturated heterocycles. The van der Waals surface area contributed by atoms with Gasteiger partial charge in [0.15, 0.2) is 11.5 Å². The summed E-state index contributed by atoms with van der Waals surface area (Å²) in [5, 5.41) is 0. The summed E-state index contributed by atoms with van der Waals surface area (Å²) < 4.78 is 23.1. The zero-order valence-electron chi connectivity index (χ0n) is 20.2. The minimum Gasteiger partial charge on any atom is -0.497 e. The highest BCUT2D eigenvalue weighted by atomic mass is 16.5. The van der Waals surface area contributed by atoms with E-state index in [1.807, 2.05) is 42.5 Å². The lowest BCUT2D eigenvalue weighted by Crippen LogP contribution is -1.97. The van der Waals surface area contributed by atoms with Crippen molar-refractivity contribution in [2.45, 2.75) is 12.8 Å². The number of methoxy groups -OCH3 is 3. The molecular weight excluding hydrogens is 436 g/mol. The van der Waals surface area contributed by atoms with E-state index >= 15 is 0 Å². The highest BCUT2D eigenvalue weighted by Crippen LogP contribution is 2.37. The summed E-state index contributed by atoms with van der Waals surface area (Å²) in [5.74, 6) is 3.85. The van der Waals surface area contributed by atoms with E-state index in [1.54, 1.807) is 21.3 Å². The van der Waals surface area contributed by atoms with Crippen LogP contribution in [-0.2, 0) is 12.8 Å². The van der Waals surface area contributed by atoms with Crippen molar-refractivity contribution in [3.63, 3.8) is 0 Å². The lowest BCUT2D eigenvalue weighted by molar-refractivity contribution is 0.378. The largest absolute Gasteiger partial charge is 0.497 e. The van der Waals surface area contributed by atoms with E-state index in [4.69, 9.17) is 18.9 Å². The first-order chi connectivity index (χ1) is 17.2. The second-order valence-corrected chi connectivity index (χ2v) is 8.48. The van der Waals surface area contributed by atoms with Gasteiger partial charge in [-0.15, -0.1) is 0 Å². The van der Waals surface area contributed by atoms with Gasteiger partial charge in [0.25, 0.3) is 0 Å². The van der Waals surface area contributed by atoms with Crippen molar-refractivity contribution in [3.8, 4) is 39.9 Å². The van der Waals surface area contributed by atoms with Gasteiger partial charge >= 0.3 is 0 Å². The molecule has 0 amide bonds. The van der Waals surface area contributed by atoms with E-state index in [0.717, 1.165) is 52.3 Å². The third-order valence-electron chi connectivity index (χ3n) is 6.31. The SMILES string of the molecule is COc1ccc2c(c1)/C=C\c1ccc(cc1)Oc1cc(ccc1OC)CCc1ccc-2c(OC)c1. The molecule has 35 heavy (non-hydrogen) atoms. The third kappa shape index (κ3) is 4.87. The first-order valence-corrected chi connectivity index (χ1v) is 11.6. The Morgan fingerprint density at radius 3 is 2.06 bits per heavy atom. The third-order valence-corrected chi connectivity index (χ3v) is 6.31. The zero-order chi connectivity index (χ0) is 24.2. The van der Waals surface area contributed by atoms with Gasteiger partial charge in [0.05, 0.1) is 21.3 Å². The summed E-state index contributed by atoms with van der Waals surface area (Å²) in [6, 6.07) is 26.7. The average molecular weight is 465 g/mol. The van der Waals surface area contributed by atoms with Gasteiger partial charge in [0, 0.05) is 5.56 Å². The molecule has 6 bridgehead atoms. The number of hydrogen-bond acceptors (Lipinski definition) is 4. The van der Waals surface area contributed by atoms with Crippen LogP contribution < -0.4 is 18.9 Å². The Kier molecular flexibility index (Phi) is 6.44.